The zero-order valence-electron chi connectivity index (χ0n) is 14.7. The zero-order chi connectivity index (χ0) is 19.3. The van der Waals surface area contributed by atoms with Gasteiger partial charge >= 0.3 is 6.18 Å². The Labute approximate surface area is 150 Å². The maximum absolute atomic E-state index is 12.8. The average Bonchev–Trinajstić information content (AvgIpc) is 2.61. The Bertz CT molecular complexity index is 762. The Morgan fingerprint density at radius 2 is 1.77 bits per heavy atom. The first-order chi connectivity index (χ1) is 12.2. The van der Waals surface area contributed by atoms with Crippen molar-refractivity contribution in [3.05, 3.63) is 59.7 Å². The molecule has 0 spiro atoms. The molecular formula is C19H21F3N2O2. The second-order valence-corrected chi connectivity index (χ2v) is 5.92. The van der Waals surface area contributed by atoms with Gasteiger partial charge in [-0.2, -0.15) is 13.2 Å². The summed E-state index contributed by atoms with van der Waals surface area (Å²) in [6.45, 7) is 3.36. The lowest BCUT2D eigenvalue weighted by atomic mass is 10.0. The Kier molecular flexibility index (Phi) is 6.26. The van der Waals surface area contributed by atoms with E-state index in [-0.39, 0.29) is 5.91 Å². The molecule has 0 saturated carbocycles. The molecule has 2 aromatic carbocycles. The predicted octanol–water partition coefficient (Wildman–Crippen LogP) is 4.39. The van der Waals surface area contributed by atoms with E-state index in [1.807, 2.05) is 0 Å². The number of carbonyl (C=O) groups excluding carboxylic acids is 1. The summed E-state index contributed by atoms with van der Waals surface area (Å²) in [4.78, 5) is 12.4. The van der Waals surface area contributed by atoms with Crippen LogP contribution >= 0.6 is 0 Å². The number of para-hydroxylation sites is 2. The van der Waals surface area contributed by atoms with E-state index >= 15 is 0 Å². The number of anilines is 1. The fraction of sp³-hybridized carbons (Fsp3) is 0.316. The van der Waals surface area contributed by atoms with Crippen LogP contribution in [0.3, 0.4) is 0 Å². The number of amides is 1. The number of carbonyl (C=O) groups is 1. The molecule has 0 bridgehead atoms. The molecule has 0 aliphatic carbocycles. The van der Waals surface area contributed by atoms with Crippen molar-refractivity contribution in [1.29, 1.82) is 0 Å². The molecule has 2 aromatic rings. The van der Waals surface area contributed by atoms with E-state index in [0.717, 1.165) is 12.1 Å². The highest BCUT2D eigenvalue weighted by atomic mass is 19.4. The fourth-order valence-corrected chi connectivity index (χ4v) is 2.52. The Morgan fingerprint density at radius 3 is 2.42 bits per heavy atom. The van der Waals surface area contributed by atoms with E-state index in [4.69, 9.17) is 4.74 Å². The number of nitrogens with one attached hydrogen (secondary N) is 2. The highest BCUT2D eigenvalue weighted by Gasteiger charge is 2.30. The Hall–Kier alpha value is -2.54. The fourth-order valence-electron chi connectivity index (χ4n) is 2.52. The third kappa shape index (κ3) is 4.98. The minimum Gasteiger partial charge on any atom is -0.495 e. The predicted molar refractivity (Wildman–Crippen MR) is 94.1 cm³/mol. The molecule has 7 heteroatoms. The van der Waals surface area contributed by atoms with E-state index in [0.29, 0.717) is 17.0 Å². The second-order valence-electron chi connectivity index (χ2n) is 5.92. The van der Waals surface area contributed by atoms with Crippen molar-refractivity contribution in [3.8, 4) is 5.75 Å². The van der Waals surface area contributed by atoms with Crippen LogP contribution in [0.1, 0.15) is 31.0 Å². The molecule has 0 saturated heterocycles. The van der Waals surface area contributed by atoms with Gasteiger partial charge in [0.25, 0.3) is 0 Å². The number of hydrogen-bond acceptors (Lipinski definition) is 3. The quantitative estimate of drug-likeness (QED) is 0.797. The number of hydrogen-bond donors (Lipinski definition) is 2. The lowest BCUT2D eigenvalue weighted by Crippen LogP contribution is -2.39. The van der Waals surface area contributed by atoms with Crippen molar-refractivity contribution in [1.82, 2.24) is 5.32 Å². The third-order valence-corrected chi connectivity index (χ3v) is 3.97. The Balaban J connectivity index is 2.04. The zero-order valence-corrected chi connectivity index (χ0v) is 14.7. The van der Waals surface area contributed by atoms with Gasteiger partial charge < -0.3 is 10.1 Å². The maximum Gasteiger partial charge on any atom is 0.416 e. The van der Waals surface area contributed by atoms with E-state index in [1.165, 1.54) is 13.2 Å². The van der Waals surface area contributed by atoms with Crippen molar-refractivity contribution >= 4 is 11.6 Å². The first-order valence-corrected chi connectivity index (χ1v) is 8.09. The summed E-state index contributed by atoms with van der Waals surface area (Å²) in [6, 6.07) is 11.0. The molecule has 2 atom stereocenters. The maximum atomic E-state index is 12.8. The number of benzene rings is 2. The molecule has 2 N–H and O–H groups in total. The summed E-state index contributed by atoms with van der Waals surface area (Å²) in [6.07, 6.45) is -4.40. The first-order valence-electron chi connectivity index (χ1n) is 8.09. The molecule has 0 fully saturated rings. The first kappa shape index (κ1) is 19.8. The molecule has 0 aliphatic rings. The van der Waals surface area contributed by atoms with Gasteiger partial charge in [-0.3, -0.25) is 10.1 Å². The van der Waals surface area contributed by atoms with Crippen LogP contribution in [-0.4, -0.2) is 19.1 Å². The molecule has 0 aromatic heterocycles. The molecule has 140 valence electrons. The van der Waals surface area contributed by atoms with Crippen LogP contribution in [0.5, 0.6) is 5.75 Å². The molecule has 26 heavy (non-hydrogen) atoms. The normalized spacial score (nSPS) is 13.8. The van der Waals surface area contributed by atoms with Crippen molar-refractivity contribution in [3.63, 3.8) is 0 Å². The second kappa shape index (κ2) is 8.23. The van der Waals surface area contributed by atoms with Crippen LogP contribution in [0.4, 0.5) is 18.9 Å². The average molecular weight is 366 g/mol. The number of rotatable bonds is 6. The summed E-state index contributed by atoms with van der Waals surface area (Å²) in [7, 11) is 1.50. The molecule has 1 amide bonds. The van der Waals surface area contributed by atoms with Gasteiger partial charge in [0.1, 0.15) is 5.75 Å². The standard InChI is InChI=1S/C19H21F3N2O2/c1-12(14-7-6-8-15(11-14)19(20,21)22)23-13(2)18(25)24-16-9-4-5-10-17(16)26-3/h4-13,23H,1-3H3,(H,24,25)/t12-,13-/m1/s1. The van der Waals surface area contributed by atoms with Gasteiger partial charge in [-0.25, -0.2) is 0 Å². The molecule has 0 unspecified atom stereocenters. The van der Waals surface area contributed by atoms with Crippen molar-refractivity contribution in [2.75, 3.05) is 12.4 Å². The highest BCUT2D eigenvalue weighted by Crippen LogP contribution is 2.30. The van der Waals surface area contributed by atoms with Crippen molar-refractivity contribution in [2.45, 2.75) is 32.1 Å². The molecule has 2 rings (SSSR count). The molecule has 0 heterocycles. The van der Waals surface area contributed by atoms with Gasteiger partial charge in [0.05, 0.1) is 24.4 Å². The summed E-state index contributed by atoms with van der Waals surface area (Å²) in [5, 5.41) is 5.76. The van der Waals surface area contributed by atoms with Gasteiger partial charge in [-0.1, -0.05) is 24.3 Å². The minimum atomic E-state index is -4.40. The van der Waals surface area contributed by atoms with E-state index in [9.17, 15) is 18.0 Å². The largest absolute Gasteiger partial charge is 0.495 e. The molecule has 0 aliphatic heterocycles. The smallest absolute Gasteiger partial charge is 0.416 e. The number of halogens is 3. The number of alkyl halides is 3. The SMILES string of the molecule is COc1ccccc1NC(=O)[C@@H](C)N[C@H](C)c1cccc(C(F)(F)F)c1. The van der Waals surface area contributed by atoms with Gasteiger partial charge in [-0.05, 0) is 43.7 Å². The summed E-state index contributed by atoms with van der Waals surface area (Å²) >= 11 is 0. The van der Waals surface area contributed by atoms with Gasteiger partial charge in [0.15, 0.2) is 0 Å². The molecular weight excluding hydrogens is 345 g/mol. The molecule has 4 nitrogen and oxygen atoms in total. The summed E-state index contributed by atoms with van der Waals surface area (Å²) in [5.74, 6) is 0.215. The third-order valence-electron chi connectivity index (χ3n) is 3.97. The van der Waals surface area contributed by atoms with Crippen molar-refractivity contribution < 1.29 is 22.7 Å². The lowest BCUT2D eigenvalue weighted by molar-refractivity contribution is -0.137. The molecule has 0 radical (unpaired) electrons. The van der Waals surface area contributed by atoms with Crippen LogP contribution in [0, 0.1) is 0 Å². The van der Waals surface area contributed by atoms with E-state index < -0.39 is 23.8 Å². The van der Waals surface area contributed by atoms with Gasteiger partial charge in [0.2, 0.25) is 5.91 Å². The van der Waals surface area contributed by atoms with Gasteiger partial charge in [-0.15, -0.1) is 0 Å². The minimum absolute atomic E-state index is 0.312. The lowest BCUT2D eigenvalue weighted by Gasteiger charge is -2.21. The monoisotopic (exact) mass is 366 g/mol. The van der Waals surface area contributed by atoms with Crippen LogP contribution in [0.15, 0.2) is 48.5 Å². The van der Waals surface area contributed by atoms with Crippen LogP contribution in [0.25, 0.3) is 0 Å². The van der Waals surface area contributed by atoms with Gasteiger partial charge in [0, 0.05) is 6.04 Å². The number of methoxy groups -OCH3 is 1. The topological polar surface area (TPSA) is 50.4 Å². The van der Waals surface area contributed by atoms with Crippen molar-refractivity contribution in [2.24, 2.45) is 0 Å². The van der Waals surface area contributed by atoms with Crippen LogP contribution in [-0.2, 0) is 11.0 Å². The number of ether oxygens (including phenoxy) is 1. The highest BCUT2D eigenvalue weighted by molar-refractivity contribution is 5.95. The Morgan fingerprint density at radius 1 is 1.08 bits per heavy atom. The van der Waals surface area contributed by atoms with E-state index in [2.05, 4.69) is 10.6 Å². The van der Waals surface area contributed by atoms with E-state index in [1.54, 1.807) is 44.2 Å². The summed E-state index contributed by atoms with van der Waals surface area (Å²) in [5.41, 5.74) is 0.270. The summed E-state index contributed by atoms with van der Waals surface area (Å²) < 4.78 is 43.7. The van der Waals surface area contributed by atoms with Crippen LogP contribution in [0.2, 0.25) is 0 Å². The van der Waals surface area contributed by atoms with Crippen LogP contribution < -0.4 is 15.4 Å².